The maximum Gasteiger partial charge on any atom is 1.00 e. The first-order chi connectivity index (χ1) is 24.6. The number of rotatable bonds is 5. The molecule has 0 bridgehead atoms. The fraction of sp³-hybridized carbons (Fsp3) is 0.0833. The molecule has 8 aromatic carbocycles. The summed E-state index contributed by atoms with van der Waals surface area (Å²) >= 11 is 0. The average molecular weight is 895 g/mol. The predicted octanol–water partition coefficient (Wildman–Crippen LogP) is 11.2. The van der Waals surface area contributed by atoms with E-state index in [1.807, 2.05) is 72.8 Å². The van der Waals surface area contributed by atoms with Crippen molar-refractivity contribution in [2.75, 3.05) is 25.7 Å². The molecule has 0 saturated heterocycles. The molecule has 0 fully saturated rings. The second-order valence-electron chi connectivity index (χ2n) is 12.6. The molecule has 0 aliphatic rings. The minimum absolute atomic E-state index is 0. The van der Waals surface area contributed by atoms with Gasteiger partial charge in [-0.15, -0.1) is 11.1 Å². The third-order valence-electron chi connectivity index (χ3n) is 8.91. The van der Waals surface area contributed by atoms with E-state index in [2.05, 4.69) is 122 Å². The summed E-state index contributed by atoms with van der Waals surface area (Å²) in [5.41, 5.74) is 1.77. The summed E-state index contributed by atoms with van der Waals surface area (Å²) in [6.07, 6.45) is 17.7. The Balaban J connectivity index is 0.000000171. The Morgan fingerprint density at radius 1 is 0.404 bits per heavy atom. The summed E-state index contributed by atoms with van der Waals surface area (Å²) in [5, 5.41) is 12.1. The molecule has 0 aromatic heterocycles. The molecule has 0 nitrogen and oxygen atoms in total. The van der Waals surface area contributed by atoms with Crippen LogP contribution in [0.15, 0.2) is 170 Å². The maximum absolute atomic E-state index is 7.46. The van der Waals surface area contributed by atoms with E-state index >= 15 is 0 Å². The molecule has 0 spiro atoms. The van der Waals surface area contributed by atoms with Crippen LogP contribution in [0.4, 0.5) is 0 Å². The molecule has 0 atom stereocenters. The second-order valence-corrected chi connectivity index (χ2v) is 18.1. The van der Waals surface area contributed by atoms with Gasteiger partial charge in [0.1, 0.15) is 0 Å². The van der Waals surface area contributed by atoms with Gasteiger partial charge in [-0.25, -0.2) is 0 Å². The summed E-state index contributed by atoms with van der Waals surface area (Å²) < 4.78 is 0. The van der Waals surface area contributed by atoms with Crippen molar-refractivity contribution in [3.63, 3.8) is 0 Å². The van der Waals surface area contributed by atoms with E-state index in [9.17, 15) is 0 Å². The van der Waals surface area contributed by atoms with Crippen molar-refractivity contribution in [2.24, 2.45) is 0 Å². The molecule has 0 unspecified atom stereocenters. The molecule has 0 saturated carbocycles. The van der Waals surface area contributed by atoms with Gasteiger partial charge in [-0.05, 0) is 65.9 Å². The van der Waals surface area contributed by atoms with Gasteiger partial charge in [-0.3, -0.25) is 11.8 Å². The Morgan fingerprint density at radius 3 is 0.981 bits per heavy atom. The van der Waals surface area contributed by atoms with Crippen molar-refractivity contribution in [2.45, 2.75) is 0 Å². The normalized spacial score (nSPS) is 10.3. The molecule has 0 heterocycles. The minimum Gasteiger partial charge on any atom is -0.366 e. The third-order valence-corrected chi connectivity index (χ3v) is 13.5. The molecular weight excluding hydrogens is 854 g/mol. The monoisotopic (exact) mass is 892 g/mol. The van der Waals surface area contributed by atoms with E-state index < -0.39 is 7.92 Å². The molecule has 52 heavy (non-hydrogen) atoms. The number of hydrogen-bond donors (Lipinski definition) is 0. The molecule has 0 N–H and O–H groups in total. The Bertz CT molecular complexity index is 2170. The van der Waals surface area contributed by atoms with Gasteiger partial charge in [-0.1, -0.05) is 155 Å². The zero-order valence-corrected chi connectivity index (χ0v) is 34.1. The molecule has 0 radical (unpaired) electrons. The maximum atomic E-state index is 7.46. The van der Waals surface area contributed by atoms with Crippen molar-refractivity contribution in [3.8, 4) is 11.8 Å². The van der Waals surface area contributed by atoms with Crippen LogP contribution in [0.2, 0.25) is 0 Å². The predicted molar refractivity (Wildman–Crippen MR) is 226 cm³/mol. The molecule has 0 amide bonds. The van der Waals surface area contributed by atoms with Gasteiger partial charge >= 0.3 is 44.8 Å². The van der Waals surface area contributed by atoms with E-state index in [-0.39, 0.29) is 52.7 Å². The number of benzene rings is 8. The summed E-state index contributed by atoms with van der Waals surface area (Å²) in [6.45, 7) is 4.83. The average Bonchev–Trinajstić information content (AvgIpc) is 3.17. The zero-order chi connectivity index (χ0) is 34.7. The SMILES string of the molecule is C[PH+](C)CC[PH+](c1ccccc1)c1ccccc1.[Ag+].[Ag+].[C-]#Cc1c2ccccc2cc2ccccc12.[C-]#Cc1c2ccccc2cc2ccccc12. The second kappa shape index (κ2) is 20.5. The first-order valence-electron chi connectivity index (χ1n) is 17.0. The summed E-state index contributed by atoms with van der Waals surface area (Å²) in [7, 11) is -0.688. The van der Waals surface area contributed by atoms with Crippen LogP contribution >= 0.6 is 15.8 Å². The summed E-state index contributed by atoms with van der Waals surface area (Å²) in [5.74, 6) is 5.13. The van der Waals surface area contributed by atoms with Crippen LogP contribution in [0.3, 0.4) is 0 Å². The van der Waals surface area contributed by atoms with Gasteiger partial charge in [0.05, 0.1) is 30.9 Å². The minimum atomic E-state index is -0.569. The van der Waals surface area contributed by atoms with Gasteiger partial charge < -0.3 is 12.8 Å². The molecule has 4 heteroatoms. The molecule has 0 aliphatic carbocycles. The smallest absolute Gasteiger partial charge is 0.366 e. The topological polar surface area (TPSA) is 0 Å². The zero-order valence-electron chi connectivity index (χ0n) is 29.2. The van der Waals surface area contributed by atoms with Crippen LogP contribution < -0.4 is 10.6 Å². The van der Waals surface area contributed by atoms with Crippen molar-refractivity contribution in [3.05, 3.63) is 194 Å². The van der Waals surface area contributed by atoms with Crippen molar-refractivity contribution in [1.82, 2.24) is 0 Å². The fourth-order valence-corrected chi connectivity index (χ4v) is 11.5. The van der Waals surface area contributed by atoms with E-state index in [0.717, 1.165) is 54.2 Å². The van der Waals surface area contributed by atoms with E-state index in [0.29, 0.717) is 0 Å². The van der Waals surface area contributed by atoms with Crippen molar-refractivity contribution < 1.29 is 44.8 Å². The Morgan fingerprint density at radius 2 is 0.692 bits per heavy atom. The Kier molecular flexibility index (Phi) is 16.2. The Labute approximate surface area is 343 Å². The van der Waals surface area contributed by atoms with Gasteiger partial charge in [0, 0.05) is 13.3 Å². The van der Waals surface area contributed by atoms with Crippen LogP contribution in [-0.2, 0) is 44.8 Å². The molecular formula is C48H40Ag2P2+2. The largest absolute Gasteiger partial charge is 1.00 e. The molecule has 8 rings (SSSR count). The number of fused-ring (bicyclic) bond motifs is 4. The quantitative estimate of drug-likeness (QED) is 0.0531. The van der Waals surface area contributed by atoms with E-state index in [1.165, 1.54) is 12.3 Å². The standard InChI is InChI=1S/C16H20P2.2C16H9.2Ag/c1-17(2)13-14-18(15-9-5-3-6-10-15)16-11-7-4-8-12-16;2*1-2-14-15-9-5-3-7-12(15)11-13-8-4-6-10-16(13)14;;/h3-12H,13-14H2,1-2H3;2*3-11H;;/q;2*-1;2*+1/p+2. The van der Waals surface area contributed by atoms with Gasteiger partial charge in [0.15, 0.2) is 0 Å². The number of hydrogen-bond acceptors (Lipinski definition) is 0. The van der Waals surface area contributed by atoms with Gasteiger partial charge in [0.25, 0.3) is 0 Å². The van der Waals surface area contributed by atoms with Crippen molar-refractivity contribution >= 4 is 69.5 Å². The molecule has 8 aromatic rings. The van der Waals surface area contributed by atoms with Crippen LogP contribution in [-0.4, -0.2) is 25.7 Å². The fourth-order valence-electron chi connectivity index (χ4n) is 6.41. The summed E-state index contributed by atoms with van der Waals surface area (Å²) in [4.78, 5) is 0. The van der Waals surface area contributed by atoms with E-state index in [1.54, 1.807) is 10.6 Å². The van der Waals surface area contributed by atoms with Gasteiger partial charge in [0.2, 0.25) is 0 Å². The van der Waals surface area contributed by atoms with Gasteiger partial charge in [-0.2, -0.15) is 0 Å². The summed E-state index contributed by atoms with van der Waals surface area (Å²) in [6, 6.07) is 59.0. The Hall–Kier alpha value is -3.74. The van der Waals surface area contributed by atoms with E-state index in [4.69, 9.17) is 12.8 Å². The van der Waals surface area contributed by atoms with Crippen LogP contribution in [0, 0.1) is 24.7 Å². The van der Waals surface area contributed by atoms with Crippen LogP contribution in [0.5, 0.6) is 0 Å². The third kappa shape index (κ3) is 10.0. The first-order valence-corrected chi connectivity index (χ1v) is 21.4. The molecule has 0 aliphatic heterocycles. The first kappa shape index (κ1) is 41.0. The molecule has 262 valence electrons. The van der Waals surface area contributed by atoms with Crippen molar-refractivity contribution in [1.29, 1.82) is 0 Å². The van der Waals surface area contributed by atoms with Crippen LogP contribution in [0.25, 0.3) is 43.1 Å². The van der Waals surface area contributed by atoms with Crippen LogP contribution in [0.1, 0.15) is 11.1 Å².